The Labute approximate surface area is 172 Å². The molecule has 1 aliphatic rings. The van der Waals surface area contributed by atoms with Crippen LogP contribution in [0.25, 0.3) is 16.5 Å². The number of para-hydroxylation sites is 1. The summed E-state index contributed by atoms with van der Waals surface area (Å²) in [7, 11) is 0. The highest BCUT2D eigenvalue weighted by Crippen LogP contribution is 2.37. The van der Waals surface area contributed by atoms with E-state index in [-0.39, 0.29) is 29.3 Å². The molecule has 3 rings (SSSR count). The smallest absolute Gasteiger partial charge is 0.340 e. The molecule has 0 saturated carbocycles. The van der Waals surface area contributed by atoms with Crippen LogP contribution in [-0.2, 0) is 14.3 Å². The molecule has 0 bridgehead atoms. The summed E-state index contributed by atoms with van der Waals surface area (Å²) in [6.45, 7) is 3.56. The van der Waals surface area contributed by atoms with Gasteiger partial charge in [0.1, 0.15) is 0 Å². The molecule has 0 aromatic heterocycles. The van der Waals surface area contributed by atoms with Gasteiger partial charge in [0.05, 0.1) is 17.8 Å². The maximum atomic E-state index is 13.3. The van der Waals surface area contributed by atoms with E-state index in [9.17, 15) is 9.59 Å². The van der Waals surface area contributed by atoms with Crippen LogP contribution in [0, 0.1) is 0 Å². The predicted octanol–water partition coefficient (Wildman–Crippen LogP) is 5.55. The van der Waals surface area contributed by atoms with Crippen LogP contribution in [0.15, 0.2) is 70.5 Å². The molecule has 2 aromatic rings. The number of hydrogen-bond acceptors (Lipinski definition) is 4. The SMILES string of the molecule is CCOC(=O)C1=C(C)N(c2ccccc2)C(=O)/C1=C/c1ccc(Cl)cc1N=[N+]=[N-]. The molecule has 146 valence electrons. The summed E-state index contributed by atoms with van der Waals surface area (Å²) in [5.41, 5.74) is 11.0. The standard InChI is InChI=1S/C21H17ClN4O3/c1-3-29-21(28)19-13(2)26(16-7-5-4-6-8-16)20(27)17(19)11-14-9-10-15(22)12-18(14)24-25-23/h4-12H,3H2,1-2H3/b17-11+. The molecule has 0 N–H and O–H groups in total. The van der Waals surface area contributed by atoms with E-state index in [1.807, 2.05) is 6.07 Å². The average Bonchev–Trinajstić information content (AvgIpc) is 2.94. The number of carbonyl (C=O) groups excluding carboxylic acids is 2. The van der Waals surface area contributed by atoms with Crippen LogP contribution in [0.5, 0.6) is 0 Å². The molecule has 2 aromatic carbocycles. The van der Waals surface area contributed by atoms with Gasteiger partial charge in [-0.3, -0.25) is 9.69 Å². The van der Waals surface area contributed by atoms with E-state index in [1.54, 1.807) is 50.2 Å². The second-order valence-corrected chi connectivity index (χ2v) is 6.54. The molecule has 0 aliphatic carbocycles. The first-order chi connectivity index (χ1) is 14.0. The fraction of sp³-hybridized carbons (Fsp3) is 0.143. The molecule has 8 heteroatoms. The van der Waals surface area contributed by atoms with Crippen molar-refractivity contribution in [3.05, 3.63) is 86.4 Å². The molecule has 0 unspecified atom stereocenters. The minimum Gasteiger partial charge on any atom is -0.462 e. The second-order valence-electron chi connectivity index (χ2n) is 6.11. The molecule has 0 atom stereocenters. The summed E-state index contributed by atoms with van der Waals surface area (Å²) in [5, 5.41) is 4.02. The van der Waals surface area contributed by atoms with Gasteiger partial charge in [-0.15, -0.1) is 0 Å². The van der Waals surface area contributed by atoms with Crippen LogP contribution < -0.4 is 4.90 Å². The van der Waals surface area contributed by atoms with E-state index in [0.29, 0.717) is 22.0 Å². The van der Waals surface area contributed by atoms with E-state index in [0.717, 1.165) is 0 Å². The highest BCUT2D eigenvalue weighted by Gasteiger charge is 2.38. The monoisotopic (exact) mass is 408 g/mol. The Kier molecular flexibility index (Phi) is 6.02. The maximum Gasteiger partial charge on any atom is 0.340 e. The zero-order valence-corrected chi connectivity index (χ0v) is 16.6. The lowest BCUT2D eigenvalue weighted by Crippen LogP contribution is -2.24. The lowest BCUT2D eigenvalue weighted by atomic mass is 10.0. The quantitative estimate of drug-likeness (QED) is 0.213. The number of rotatable bonds is 5. The Morgan fingerprint density at radius 1 is 1.28 bits per heavy atom. The van der Waals surface area contributed by atoms with Crippen molar-refractivity contribution >= 4 is 40.9 Å². The zero-order valence-electron chi connectivity index (χ0n) is 15.8. The van der Waals surface area contributed by atoms with E-state index < -0.39 is 5.97 Å². The topological polar surface area (TPSA) is 95.4 Å². The van der Waals surface area contributed by atoms with Gasteiger partial charge >= 0.3 is 5.97 Å². The first kappa shape index (κ1) is 20.2. The molecule has 1 amide bonds. The largest absolute Gasteiger partial charge is 0.462 e. The van der Waals surface area contributed by atoms with Crippen molar-refractivity contribution in [1.82, 2.24) is 0 Å². The number of ether oxygens (including phenoxy) is 1. The third kappa shape index (κ3) is 4.01. The number of allylic oxidation sites excluding steroid dienone is 1. The number of anilines is 1. The Hall–Kier alpha value is -3.54. The fourth-order valence-corrected chi connectivity index (χ4v) is 3.26. The number of carbonyl (C=O) groups is 2. The van der Waals surface area contributed by atoms with E-state index in [2.05, 4.69) is 10.0 Å². The number of benzene rings is 2. The van der Waals surface area contributed by atoms with Gasteiger partial charge in [-0.1, -0.05) is 41.0 Å². The van der Waals surface area contributed by atoms with Gasteiger partial charge < -0.3 is 4.74 Å². The molecule has 0 saturated heterocycles. The molecule has 0 fully saturated rings. The van der Waals surface area contributed by atoms with Crippen molar-refractivity contribution in [3.8, 4) is 0 Å². The molecular formula is C21H17ClN4O3. The zero-order chi connectivity index (χ0) is 21.0. The van der Waals surface area contributed by atoms with Gasteiger partial charge in [-0.25, -0.2) is 4.79 Å². The summed E-state index contributed by atoms with van der Waals surface area (Å²) in [5.74, 6) is -0.971. The van der Waals surface area contributed by atoms with Crippen LogP contribution in [0.4, 0.5) is 11.4 Å². The van der Waals surface area contributed by atoms with Crippen LogP contribution in [0.3, 0.4) is 0 Å². The van der Waals surface area contributed by atoms with Gasteiger partial charge in [-0.05, 0) is 55.3 Å². The van der Waals surface area contributed by atoms with Crippen molar-refractivity contribution < 1.29 is 14.3 Å². The summed E-state index contributed by atoms with van der Waals surface area (Å²) >= 11 is 5.98. The van der Waals surface area contributed by atoms with E-state index in [1.165, 1.54) is 17.0 Å². The van der Waals surface area contributed by atoms with Crippen molar-refractivity contribution in [2.45, 2.75) is 13.8 Å². The minimum atomic E-state index is -0.595. The van der Waals surface area contributed by atoms with Gasteiger partial charge in [0, 0.05) is 27.0 Å². The summed E-state index contributed by atoms with van der Waals surface area (Å²) in [6.07, 6.45) is 1.52. The van der Waals surface area contributed by atoms with E-state index in [4.69, 9.17) is 21.9 Å². The Balaban J connectivity index is 2.19. The first-order valence-electron chi connectivity index (χ1n) is 8.82. The Morgan fingerprint density at radius 3 is 2.66 bits per heavy atom. The Morgan fingerprint density at radius 2 is 2.00 bits per heavy atom. The maximum absolute atomic E-state index is 13.3. The highest BCUT2D eigenvalue weighted by atomic mass is 35.5. The lowest BCUT2D eigenvalue weighted by molar-refractivity contribution is -0.138. The summed E-state index contributed by atoms with van der Waals surface area (Å²) in [6, 6.07) is 13.7. The van der Waals surface area contributed by atoms with Crippen molar-refractivity contribution in [2.75, 3.05) is 11.5 Å². The first-order valence-corrected chi connectivity index (χ1v) is 9.20. The number of nitrogens with zero attached hydrogens (tertiary/aromatic N) is 4. The number of halogens is 1. The summed E-state index contributed by atoms with van der Waals surface area (Å²) in [4.78, 5) is 30.2. The number of esters is 1. The molecule has 1 aliphatic heterocycles. The average molecular weight is 409 g/mol. The second kappa shape index (κ2) is 8.65. The van der Waals surface area contributed by atoms with Crippen molar-refractivity contribution in [3.63, 3.8) is 0 Å². The number of azide groups is 1. The van der Waals surface area contributed by atoms with Crippen molar-refractivity contribution in [2.24, 2.45) is 5.11 Å². The van der Waals surface area contributed by atoms with Crippen LogP contribution >= 0.6 is 11.6 Å². The number of hydrogen-bond donors (Lipinski definition) is 0. The predicted molar refractivity (Wildman–Crippen MR) is 111 cm³/mol. The third-order valence-corrected chi connectivity index (χ3v) is 4.57. The molecule has 0 radical (unpaired) electrons. The Bertz CT molecular complexity index is 1090. The lowest BCUT2D eigenvalue weighted by Gasteiger charge is -2.17. The third-order valence-electron chi connectivity index (χ3n) is 4.34. The highest BCUT2D eigenvalue weighted by molar-refractivity contribution is 6.31. The van der Waals surface area contributed by atoms with Gasteiger partial charge in [0.25, 0.3) is 5.91 Å². The van der Waals surface area contributed by atoms with Gasteiger partial charge in [0.15, 0.2) is 0 Å². The summed E-state index contributed by atoms with van der Waals surface area (Å²) < 4.78 is 5.17. The van der Waals surface area contributed by atoms with Crippen LogP contribution in [-0.4, -0.2) is 18.5 Å². The molecular weight excluding hydrogens is 392 g/mol. The van der Waals surface area contributed by atoms with Gasteiger partial charge in [0.2, 0.25) is 0 Å². The van der Waals surface area contributed by atoms with E-state index >= 15 is 0 Å². The van der Waals surface area contributed by atoms with Gasteiger partial charge in [-0.2, -0.15) is 0 Å². The minimum absolute atomic E-state index is 0.154. The van der Waals surface area contributed by atoms with Crippen LogP contribution in [0.2, 0.25) is 5.02 Å². The van der Waals surface area contributed by atoms with Crippen molar-refractivity contribution in [1.29, 1.82) is 0 Å². The molecule has 1 heterocycles. The molecule has 7 nitrogen and oxygen atoms in total. The normalized spacial score (nSPS) is 14.9. The number of amides is 1. The molecule has 29 heavy (non-hydrogen) atoms. The van der Waals surface area contributed by atoms with Crippen LogP contribution in [0.1, 0.15) is 19.4 Å². The molecule has 0 spiro atoms. The fourth-order valence-electron chi connectivity index (χ4n) is 3.10.